The van der Waals surface area contributed by atoms with Gasteiger partial charge in [-0.15, -0.1) is 11.3 Å². The number of anilines is 1. The van der Waals surface area contributed by atoms with Gasteiger partial charge < -0.3 is 15.0 Å². The molecule has 0 unspecified atom stereocenters. The maximum atomic E-state index is 12.3. The topological polar surface area (TPSA) is 58.6 Å². The standard InChI is InChI=1S/C19H20N2O3S/c1-21-11-10-14-15(12-21)25-18(17(14)19(23)24-2)20-16(22)9-8-13-6-4-3-5-7-13/h3-9H,10-12H2,1-2H3,(H,20,22)/b9-8+. The van der Waals surface area contributed by atoms with Gasteiger partial charge in [-0.1, -0.05) is 30.3 Å². The Bertz CT molecular complexity index is 812. The lowest BCUT2D eigenvalue weighted by Gasteiger charge is -2.22. The lowest BCUT2D eigenvalue weighted by atomic mass is 10.0. The number of nitrogens with one attached hydrogen (secondary N) is 1. The van der Waals surface area contributed by atoms with E-state index in [9.17, 15) is 9.59 Å². The van der Waals surface area contributed by atoms with Gasteiger partial charge in [0.25, 0.3) is 0 Å². The van der Waals surface area contributed by atoms with E-state index in [0.717, 1.165) is 35.5 Å². The van der Waals surface area contributed by atoms with Gasteiger partial charge in [-0.2, -0.15) is 0 Å². The highest BCUT2D eigenvalue weighted by atomic mass is 32.1. The molecule has 130 valence electrons. The van der Waals surface area contributed by atoms with E-state index in [2.05, 4.69) is 10.2 Å². The van der Waals surface area contributed by atoms with Crippen LogP contribution in [-0.4, -0.2) is 37.5 Å². The lowest BCUT2D eigenvalue weighted by molar-refractivity contribution is -0.111. The molecule has 0 spiro atoms. The monoisotopic (exact) mass is 356 g/mol. The maximum Gasteiger partial charge on any atom is 0.341 e. The second kappa shape index (κ2) is 7.63. The van der Waals surface area contributed by atoms with Gasteiger partial charge in [0.1, 0.15) is 5.00 Å². The van der Waals surface area contributed by atoms with Gasteiger partial charge >= 0.3 is 5.97 Å². The summed E-state index contributed by atoms with van der Waals surface area (Å²) in [7, 11) is 3.41. The molecule has 0 fully saturated rings. The zero-order valence-electron chi connectivity index (χ0n) is 14.2. The molecular formula is C19H20N2O3S. The van der Waals surface area contributed by atoms with Crippen LogP contribution in [0.2, 0.25) is 0 Å². The van der Waals surface area contributed by atoms with Crippen molar-refractivity contribution in [2.45, 2.75) is 13.0 Å². The lowest BCUT2D eigenvalue weighted by Crippen LogP contribution is -2.26. The Morgan fingerprint density at radius 3 is 2.76 bits per heavy atom. The average Bonchev–Trinajstić information content (AvgIpc) is 2.97. The molecule has 3 rings (SSSR count). The summed E-state index contributed by atoms with van der Waals surface area (Å²) >= 11 is 1.45. The first-order valence-electron chi connectivity index (χ1n) is 8.04. The van der Waals surface area contributed by atoms with Crippen molar-refractivity contribution < 1.29 is 14.3 Å². The first kappa shape index (κ1) is 17.4. The fourth-order valence-electron chi connectivity index (χ4n) is 2.83. The predicted octanol–water partition coefficient (Wildman–Crippen LogP) is 3.17. The molecule has 1 amide bonds. The van der Waals surface area contributed by atoms with E-state index in [1.807, 2.05) is 37.4 Å². The number of methoxy groups -OCH3 is 1. The molecular weight excluding hydrogens is 336 g/mol. The number of esters is 1. The van der Waals surface area contributed by atoms with Crippen molar-refractivity contribution in [3.05, 3.63) is 58.0 Å². The van der Waals surface area contributed by atoms with E-state index < -0.39 is 5.97 Å². The predicted molar refractivity (Wildman–Crippen MR) is 99.8 cm³/mol. The SMILES string of the molecule is COC(=O)c1c(NC(=O)/C=C/c2ccccc2)sc2c1CCN(C)C2. The molecule has 1 N–H and O–H groups in total. The summed E-state index contributed by atoms with van der Waals surface area (Å²) in [5.41, 5.74) is 2.44. The summed E-state index contributed by atoms with van der Waals surface area (Å²) in [5, 5.41) is 3.41. The zero-order chi connectivity index (χ0) is 17.8. The van der Waals surface area contributed by atoms with Crippen molar-refractivity contribution in [1.82, 2.24) is 4.90 Å². The molecule has 0 atom stereocenters. The van der Waals surface area contributed by atoms with Gasteiger partial charge in [-0.25, -0.2) is 4.79 Å². The van der Waals surface area contributed by atoms with Crippen LogP contribution in [0.25, 0.3) is 6.08 Å². The molecule has 2 heterocycles. The Morgan fingerprint density at radius 1 is 1.28 bits per heavy atom. The number of hydrogen-bond donors (Lipinski definition) is 1. The van der Waals surface area contributed by atoms with E-state index in [0.29, 0.717) is 10.6 Å². The molecule has 0 saturated heterocycles. The number of fused-ring (bicyclic) bond motifs is 1. The van der Waals surface area contributed by atoms with Gasteiger partial charge in [-0.3, -0.25) is 4.79 Å². The number of nitrogens with zero attached hydrogens (tertiary/aromatic N) is 1. The second-order valence-corrected chi connectivity index (χ2v) is 7.03. The fourth-order valence-corrected chi connectivity index (χ4v) is 4.15. The van der Waals surface area contributed by atoms with Crippen molar-refractivity contribution in [2.75, 3.05) is 26.0 Å². The molecule has 1 aromatic carbocycles. The van der Waals surface area contributed by atoms with Gasteiger partial charge in [-0.05, 0) is 30.7 Å². The van der Waals surface area contributed by atoms with Crippen molar-refractivity contribution in [1.29, 1.82) is 0 Å². The minimum absolute atomic E-state index is 0.263. The molecule has 0 radical (unpaired) electrons. The summed E-state index contributed by atoms with van der Waals surface area (Å²) < 4.78 is 4.92. The number of hydrogen-bond acceptors (Lipinski definition) is 5. The number of ether oxygens (including phenoxy) is 1. The Balaban J connectivity index is 1.83. The number of carbonyl (C=O) groups is 2. The van der Waals surface area contributed by atoms with Crippen molar-refractivity contribution in [3.63, 3.8) is 0 Å². The van der Waals surface area contributed by atoms with E-state index in [1.165, 1.54) is 24.5 Å². The minimum atomic E-state index is -0.399. The third-order valence-electron chi connectivity index (χ3n) is 4.10. The molecule has 2 aromatic rings. The van der Waals surface area contributed by atoms with Crippen LogP contribution in [0.5, 0.6) is 0 Å². The van der Waals surface area contributed by atoms with Crippen molar-refractivity contribution in [3.8, 4) is 0 Å². The summed E-state index contributed by atoms with van der Waals surface area (Å²) in [6.07, 6.45) is 4.00. The van der Waals surface area contributed by atoms with E-state index >= 15 is 0 Å². The summed E-state index contributed by atoms with van der Waals surface area (Å²) in [5.74, 6) is -0.662. The Hall–Kier alpha value is -2.44. The highest BCUT2D eigenvalue weighted by Gasteiger charge is 2.28. The van der Waals surface area contributed by atoms with E-state index in [4.69, 9.17) is 4.74 Å². The van der Waals surface area contributed by atoms with Crippen LogP contribution in [0.15, 0.2) is 36.4 Å². The number of thiophene rings is 1. The first-order valence-corrected chi connectivity index (χ1v) is 8.85. The Kier molecular flexibility index (Phi) is 5.31. The molecule has 6 heteroatoms. The van der Waals surface area contributed by atoms with E-state index in [1.54, 1.807) is 6.08 Å². The Labute approximate surface area is 150 Å². The van der Waals surface area contributed by atoms with Crippen LogP contribution in [-0.2, 0) is 22.5 Å². The van der Waals surface area contributed by atoms with Crippen LogP contribution in [0.1, 0.15) is 26.4 Å². The third kappa shape index (κ3) is 3.97. The molecule has 0 aliphatic carbocycles. The maximum absolute atomic E-state index is 12.3. The van der Waals surface area contributed by atoms with Crippen LogP contribution in [0.4, 0.5) is 5.00 Å². The molecule has 0 saturated carbocycles. The summed E-state index contributed by atoms with van der Waals surface area (Å²) in [6.45, 7) is 1.66. The highest BCUT2D eigenvalue weighted by molar-refractivity contribution is 7.17. The quantitative estimate of drug-likeness (QED) is 0.675. The summed E-state index contributed by atoms with van der Waals surface area (Å²) in [4.78, 5) is 27.8. The van der Waals surface area contributed by atoms with Crippen LogP contribution in [0, 0.1) is 0 Å². The first-order chi connectivity index (χ1) is 12.1. The molecule has 1 aliphatic heterocycles. The molecule has 1 aliphatic rings. The normalized spacial score (nSPS) is 14.3. The van der Waals surface area contributed by atoms with Gasteiger partial charge in [0.15, 0.2) is 0 Å². The molecule has 0 bridgehead atoms. The summed E-state index contributed by atoms with van der Waals surface area (Å²) in [6, 6.07) is 9.59. The van der Waals surface area contributed by atoms with Gasteiger partial charge in [0.2, 0.25) is 5.91 Å². The number of likely N-dealkylation sites (N-methyl/N-ethyl adjacent to an activating group) is 1. The second-order valence-electron chi connectivity index (χ2n) is 5.92. The number of rotatable bonds is 4. The van der Waals surface area contributed by atoms with E-state index in [-0.39, 0.29) is 5.91 Å². The minimum Gasteiger partial charge on any atom is -0.465 e. The molecule has 25 heavy (non-hydrogen) atoms. The molecule has 1 aromatic heterocycles. The zero-order valence-corrected chi connectivity index (χ0v) is 15.1. The van der Waals surface area contributed by atoms with Gasteiger partial charge in [0.05, 0.1) is 12.7 Å². The molecule has 5 nitrogen and oxygen atoms in total. The largest absolute Gasteiger partial charge is 0.465 e. The number of amides is 1. The van der Waals surface area contributed by atoms with Crippen molar-refractivity contribution in [2.24, 2.45) is 0 Å². The fraction of sp³-hybridized carbons (Fsp3) is 0.263. The van der Waals surface area contributed by atoms with Gasteiger partial charge in [0, 0.05) is 24.0 Å². The van der Waals surface area contributed by atoms with Crippen LogP contribution in [0.3, 0.4) is 0 Å². The van der Waals surface area contributed by atoms with Crippen LogP contribution < -0.4 is 5.32 Å². The Morgan fingerprint density at radius 2 is 2.04 bits per heavy atom. The third-order valence-corrected chi connectivity index (χ3v) is 5.23. The average molecular weight is 356 g/mol. The van der Waals surface area contributed by atoms with Crippen LogP contribution >= 0.6 is 11.3 Å². The number of benzene rings is 1. The smallest absolute Gasteiger partial charge is 0.341 e. The number of carbonyl (C=O) groups excluding carboxylic acids is 2. The van der Waals surface area contributed by atoms with Crippen molar-refractivity contribution >= 4 is 34.3 Å². The highest BCUT2D eigenvalue weighted by Crippen LogP contribution is 2.37.